The van der Waals surface area contributed by atoms with Gasteiger partial charge in [-0.25, -0.2) is 4.98 Å². The molecule has 4 heteroatoms. The van der Waals surface area contributed by atoms with Gasteiger partial charge in [0.1, 0.15) is 0 Å². The topological polar surface area (TPSA) is 44.1 Å². The molecule has 0 amide bonds. The minimum Gasteiger partial charge on any atom is -0.350 e. The van der Waals surface area contributed by atoms with E-state index in [2.05, 4.69) is 11.6 Å². The molecule has 1 unspecified atom stereocenters. The predicted octanol–water partition coefficient (Wildman–Crippen LogP) is 2.60. The average molecular weight is 242 g/mol. The summed E-state index contributed by atoms with van der Waals surface area (Å²) < 4.78 is 7.35. The third-order valence-corrected chi connectivity index (χ3v) is 2.54. The zero-order valence-electron chi connectivity index (χ0n) is 9.90. The molecule has 0 bridgehead atoms. The Kier molecular flexibility index (Phi) is 4.04. The van der Waals surface area contributed by atoms with Crippen LogP contribution < -0.4 is 0 Å². The molecular formula is C14H14N2O2. The highest BCUT2D eigenvalue weighted by molar-refractivity contribution is 5.69. The largest absolute Gasteiger partial charge is 0.350 e. The molecule has 1 aromatic carbocycles. The lowest BCUT2D eigenvalue weighted by Gasteiger charge is -2.16. The van der Waals surface area contributed by atoms with Crippen molar-refractivity contribution in [1.29, 1.82) is 0 Å². The highest BCUT2D eigenvalue weighted by atomic mass is 16.5. The number of hydrogen-bond donors (Lipinski definition) is 0. The molecule has 0 aliphatic rings. The van der Waals surface area contributed by atoms with Gasteiger partial charge in [-0.2, -0.15) is 0 Å². The second-order valence-corrected chi connectivity index (χ2v) is 3.73. The van der Waals surface area contributed by atoms with Crippen LogP contribution in [0.25, 0.3) is 0 Å². The van der Waals surface area contributed by atoms with Crippen LogP contribution in [0.3, 0.4) is 0 Å². The summed E-state index contributed by atoms with van der Waals surface area (Å²) in [4.78, 5) is 14.7. The van der Waals surface area contributed by atoms with Crippen molar-refractivity contribution in [2.75, 3.05) is 0 Å². The van der Waals surface area contributed by atoms with Gasteiger partial charge in [0.25, 0.3) is 0 Å². The van der Waals surface area contributed by atoms with Crippen LogP contribution in [0, 0.1) is 0 Å². The Hall–Kier alpha value is -2.20. The zero-order valence-corrected chi connectivity index (χ0v) is 9.90. The van der Waals surface area contributed by atoms with Gasteiger partial charge in [-0.1, -0.05) is 36.9 Å². The van der Waals surface area contributed by atoms with Gasteiger partial charge >= 0.3 is 0 Å². The number of aromatic nitrogens is 2. The maximum Gasteiger partial charge on any atom is 0.185 e. The van der Waals surface area contributed by atoms with Crippen molar-refractivity contribution in [3.63, 3.8) is 0 Å². The maximum atomic E-state index is 10.8. The fraction of sp³-hybridized carbons (Fsp3) is 0.143. The first kappa shape index (κ1) is 12.3. The molecule has 0 aliphatic heterocycles. The molecule has 0 aliphatic carbocycles. The first-order valence-electron chi connectivity index (χ1n) is 5.61. The van der Waals surface area contributed by atoms with Crippen LogP contribution in [-0.2, 0) is 11.3 Å². The number of benzene rings is 1. The van der Waals surface area contributed by atoms with Gasteiger partial charge in [-0.15, -0.1) is 0 Å². The van der Waals surface area contributed by atoms with E-state index in [9.17, 15) is 4.79 Å². The van der Waals surface area contributed by atoms with Crippen LogP contribution in [0.5, 0.6) is 0 Å². The summed E-state index contributed by atoms with van der Waals surface area (Å²) in [6.45, 7) is 4.17. The highest BCUT2D eigenvalue weighted by Crippen LogP contribution is 2.14. The van der Waals surface area contributed by atoms with E-state index in [0.29, 0.717) is 18.7 Å². The summed E-state index contributed by atoms with van der Waals surface area (Å²) in [6.07, 6.45) is 5.20. The molecule has 0 saturated heterocycles. The van der Waals surface area contributed by atoms with Crippen LogP contribution in [0.4, 0.5) is 0 Å². The Balaban J connectivity index is 2.06. The van der Waals surface area contributed by atoms with E-state index in [1.54, 1.807) is 23.0 Å². The van der Waals surface area contributed by atoms with Crippen LogP contribution in [0.2, 0.25) is 0 Å². The number of rotatable bonds is 6. The van der Waals surface area contributed by atoms with Gasteiger partial charge in [0, 0.05) is 12.4 Å². The highest BCUT2D eigenvalue weighted by Gasteiger charge is 2.11. The summed E-state index contributed by atoms with van der Waals surface area (Å²) in [7, 11) is 0. The van der Waals surface area contributed by atoms with E-state index < -0.39 is 6.23 Å². The van der Waals surface area contributed by atoms with Crippen LogP contribution >= 0.6 is 0 Å². The van der Waals surface area contributed by atoms with Crippen molar-refractivity contribution in [3.8, 4) is 0 Å². The second kappa shape index (κ2) is 5.93. The molecule has 0 radical (unpaired) electrons. The van der Waals surface area contributed by atoms with E-state index in [-0.39, 0.29) is 0 Å². The number of aldehydes is 1. The summed E-state index contributed by atoms with van der Waals surface area (Å²) in [5, 5.41) is 0. The van der Waals surface area contributed by atoms with Gasteiger partial charge in [0.15, 0.2) is 18.3 Å². The third kappa shape index (κ3) is 2.73. The summed E-state index contributed by atoms with van der Waals surface area (Å²) >= 11 is 0. The van der Waals surface area contributed by atoms with E-state index in [0.717, 1.165) is 5.56 Å². The smallest absolute Gasteiger partial charge is 0.185 e. The lowest BCUT2D eigenvalue weighted by Crippen LogP contribution is -2.12. The lowest BCUT2D eigenvalue weighted by atomic mass is 10.2. The average Bonchev–Trinajstić information content (AvgIpc) is 2.89. The van der Waals surface area contributed by atoms with E-state index in [1.807, 2.05) is 30.3 Å². The van der Waals surface area contributed by atoms with Gasteiger partial charge in [0.05, 0.1) is 6.61 Å². The number of ether oxygens (including phenoxy) is 1. The molecule has 18 heavy (non-hydrogen) atoms. The Labute approximate surface area is 106 Å². The number of hydrogen-bond acceptors (Lipinski definition) is 3. The first-order valence-corrected chi connectivity index (χ1v) is 5.61. The van der Waals surface area contributed by atoms with Crippen molar-refractivity contribution < 1.29 is 9.53 Å². The molecule has 1 heterocycles. The normalized spacial score (nSPS) is 12.0. The van der Waals surface area contributed by atoms with E-state index in [1.165, 1.54) is 0 Å². The fourth-order valence-corrected chi connectivity index (χ4v) is 1.65. The van der Waals surface area contributed by atoms with Crippen molar-refractivity contribution >= 4 is 6.29 Å². The Morgan fingerprint density at radius 2 is 2.17 bits per heavy atom. The minimum atomic E-state index is -0.395. The molecule has 0 saturated carbocycles. The Bertz CT molecular complexity index is 520. The molecule has 2 aromatic rings. The number of carbonyl (C=O) groups excluding carboxylic acids is 1. The van der Waals surface area contributed by atoms with Gasteiger partial charge in [-0.3, -0.25) is 9.36 Å². The van der Waals surface area contributed by atoms with Gasteiger partial charge in [-0.05, 0) is 11.6 Å². The molecule has 0 fully saturated rings. The van der Waals surface area contributed by atoms with E-state index >= 15 is 0 Å². The first-order chi connectivity index (χ1) is 8.85. The SMILES string of the molecule is C=CC(OCc1ccccc1)n1ccnc1C=O. The van der Waals surface area contributed by atoms with Gasteiger partial charge in [0.2, 0.25) is 0 Å². The summed E-state index contributed by atoms with van der Waals surface area (Å²) in [6, 6.07) is 9.82. The molecule has 1 aromatic heterocycles. The number of imidazole rings is 1. The van der Waals surface area contributed by atoms with Crippen molar-refractivity contribution in [3.05, 3.63) is 66.8 Å². The predicted molar refractivity (Wildman–Crippen MR) is 68.1 cm³/mol. The molecule has 0 N–H and O–H groups in total. The molecule has 92 valence electrons. The molecule has 1 atom stereocenters. The Morgan fingerprint density at radius 1 is 1.39 bits per heavy atom. The number of carbonyl (C=O) groups is 1. The van der Waals surface area contributed by atoms with Crippen LogP contribution in [0.1, 0.15) is 22.4 Å². The van der Waals surface area contributed by atoms with Crippen molar-refractivity contribution in [2.24, 2.45) is 0 Å². The fourth-order valence-electron chi connectivity index (χ4n) is 1.65. The molecule has 2 rings (SSSR count). The molecular weight excluding hydrogens is 228 g/mol. The van der Waals surface area contributed by atoms with E-state index in [4.69, 9.17) is 4.74 Å². The maximum absolute atomic E-state index is 10.8. The second-order valence-electron chi connectivity index (χ2n) is 3.73. The van der Waals surface area contributed by atoms with Crippen molar-refractivity contribution in [1.82, 2.24) is 9.55 Å². The molecule has 0 spiro atoms. The number of nitrogens with zero attached hydrogens (tertiary/aromatic N) is 2. The minimum absolute atomic E-state index is 0.327. The standard InChI is InChI=1S/C14H14N2O2/c1-2-14(16-9-8-15-13(16)10-17)18-11-12-6-4-3-5-7-12/h2-10,14H,1,11H2. The lowest BCUT2D eigenvalue weighted by molar-refractivity contribution is 0.0239. The zero-order chi connectivity index (χ0) is 12.8. The Morgan fingerprint density at radius 3 is 2.83 bits per heavy atom. The van der Waals surface area contributed by atoms with Crippen molar-refractivity contribution in [2.45, 2.75) is 12.8 Å². The quantitative estimate of drug-likeness (QED) is 0.577. The summed E-state index contributed by atoms with van der Waals surface area (Å²) in [5.74, 6) is 0.327. The third-order valence-electron chi connectivity index (χ3n) is 2.54. The monoisotopic (exact) mass is 242 g/mol. The van der Waals surface area contributed by atoms with Crippen LogP contribution in [0.15, 0.2) is 55.4 Å². The van der Waals surface area contributed by atoms with Crippen LogP contribution in [-0.4, -0.2) is 15.8 Å². The van der Waals surface area contributed by atoms with Gasteiger partial charge < -0.3 is 4.74 Å². The molecule has 4 nitrogen and oxygen atoms in total. The summed E-state index contributed by atoms with van der Waals surface area (Å²) in [5.41, 5.74) is 1.07.